The molecule has 0 saturated carbocycles. The summed E-state index contributed by atoms with van der Waals surface area (Å²) in [5, 5.41) is 0. The molecule has 2 aromatic heterocycles. The maximum atomic E-state index is 13.2. The van der Waals surface area contributed by atoms with E-state index in [1.54, 1.807) is 12.4 Å². The first-order valence-corrected chi connectivity index (χ1v) is 10.2. The Balaban J connectivity index is 1.69. The van der Waals surface area contributed by atoms with Crippen LogP contribution in [-0.4, -0.2) is 15.9 Å². The number of benzene rings is 2. The molecule has 0 aliphatic heterocycles. The molecule has 0 radical (unpaired) electrons. The van der Waals surface area contributed by atoms with Crippen LogP contribution in [0.15, 0.2) is 53.3 Å². The molecule has 2 aromatic carbocycles. The van der Waals surface area contributed by atoms with Gasteiger partial charge in [0.15, 0.2) is 0 Å². The highest BCUT2D eigenvalue weighted by Crippen LogP contribution is 2.41. The first-order valence-electron chi connectivity index (χ1n) is 8.58. The molecule has 30 heavy (non-hydrogen) atoms. The van der Waals surface area contributed by atoms with Gasteiger partial charge in [0.05, 0.1) is 22.9 Å². The molecular formula is C20H13BrF3N3O2S. The molecule has 154 valence electrons. The molecule has 0 bridgehead atoms. The molecule has 0 spiro atoms. The van der Waals surface area contributed by atoms with Crippen LogP contribution in [0.1, 0.15) is 20.8 Å². The third-order valence-corrected chi connectivity index (χ3v) is 6.22. The molecule has 2 heterocycles. The molecule has 3 N–H and O–H groups in total. The van der Waals surface area contributed by atoms with Gasteiger partial charge in [0, 0.05) is 20.5 Å². The lowest BCUT2D eigenvalue weighted by molar-refractivity contribution is -0.138. The van der Waals surface area contributed by atoms with Gasteiger partial charge < -0.3 is 15.5 Å². The van der Waals surface area contributed by atoms with E-state index in [0.29, 0.717) is 4.88 Å². The zero-order valence-electron chi connectivity index (χ0n) is 15.1. The summed E-state index contributed by atoms with van der Waals surface area (Å²) in [7, 11) is 0. The molecule has 1 amide bonds. The number of amides is 1. The van der Waals surface area contributed by atoms with Crippen molar-refractivity contribution in [2.24, 2.45) is 5.73 Å². The minimum Gasteiger partial charge on any atom is -0.487 e. The molecule has 5 nitrogen and oxygen atoms in total. The van der Waals surface area contributed by atoms with Gasteiger partial charge in [0.2, 0.25) is 0 Å². The van der Waals surface area contributed by atoms with Crippen LogP contribution >= 0.6 is 27.3 Å². The quantitative estimate of drug-likeness (QED) is 0.369. The van der Waals surface area contributed by atoms with Gasteiger partial charge >= 0.3 is 6.18 Å². The lowest BCUT2D eigenvalue weighted by atomic mass is 10.1. The average Bonchev–Trinajstić information content (AvgIpc) is 3.31. The fourth-order valence-electron chi connectivity index (χ4n) is 3.01. The van der Waals surface area contributed by atoms with Gasteiger partial charge in [-0.05, 0) is 24.3 Å². The van der Waals surface area contributed by atoms with E-state index in [4.69, 9.17) is 10.5 Å². The molecule has 0 atom stereocenters. The van der Waals surface area contributed by atoms with Crippen LogP contribution in [0.3, 0.4) is 0 Å². The number of rotatable bonds is 5. The Hall–Kier alpha value is -2.85. The maximum absolute atomic E-state index is 13.2. The van der Waals surface area contributed by atoms with Crippen molar-refractivity contribution in [2.45, 2.75) is 12.8 Å². The number of carbonyl (C=O) groups is 1. The number of H-pyrrole nitrogens is 1. The molecule has 0 saturated heterocycles. The van der Waals surface area contributed by atoms with Crippen molar-refractivity contribution < 1.29 is 22.7 Å². The standard InChI is InChI=1S/C20H13BrF3N3O2S/c21-13-6-15-14(26-9-27-15)5-11(13)17-7-16(18(30-17)19(25)28)29-8-10-3-1-2-4-12(10)20(22,23)24/h1-7,9H,8H2,(H2,25,28)(H,26,27). The highest BCUT2D eigenvalue weighted by molar-refractivity contribution is 9.10. The zero-order valence-corrected chi connectivity index (χ0v) is 17.5. The van der Waals surface area contributed by atoms with Gasteiger partial charge in [-0.15, -0.1) is 11.3 Å². The summed E-state index contributed by atoms with van der Waals surface area (Å²) < 4.78 is 46.0. The number of alkyl halides is 3. The monoisotopic (exact) mass is 495 g/mol. The average molecular weight is 496 g/mol. The number of thiophene rings is 1. The maximum Gasteiger partial charge on any atom is 0.416 e. The first-order chi connectivity index (χ1) is 14.2. The molecule has 0 aliphatic carbocycles. The highest BCUT2D eigenvalue weighted by atomic mass is 79.9. The molecule has 0 unspecified atom stereocenters. The van der Waals surface area contributed by atoms with Crippen molar-refractivity contribution in [1.82, 2.24) is 9.97 Å². The normalized spacial score (nSPS) is 11.7. The third-order valence-electron chi connectivity index (χ3n) is 4.40. The lowest BCUT2D eigenvalue weighted by Crippen LogP contribution is -2.13. The van der Waals surface area contributed by atoms with Crippen molar-refractivity contribution in [3.8, 4) is 16.2 Å². The molecule has 0 aliphatic rings. The van der Waals surface area contributed by atoms with Crippen molar-refractivity contribution in [3.63, 3.8) is 0 Å². The van der Waals surface area contributed by atoms with E-state index < -0.39 is 17.6 Å². The van der Waals surface area contributed by atoms with Crippen LogP contribution < -0.4 is 10.5 Å². The summed E-state index contributed by atoms with van der Waals surface area (Å²) in [5.41, 5.74) is 6.96. The molecular weight excluding hydrogens is 483 g/mol. The van der Waals surface area contributed by atoms with Crippen LogP contribution in [0.4, 0.5) is 13.2 Å². The fourth-order valence-corrected chi connectivity index (χ4v) is 4.68. The summed E-state index contributed by atoms with van der Waals surface area (Å²) in [4.78, 5) is 19.9. The van der Waals surface area contributed by atoms with E-state index in [9.17, 15) is 18.0 Å². The summed E-state index contributed by atoms with van der Waals surface area (Å²) in [6, 6.07) is 10.4. The second kappa shape index (κ2) is 7.77. The number of aromatic amines is 1. The van der Waals surface area contributed by atoms with E-state index >= 15 is 0 Å². The number of fused-ring (bicyclic) bond motifs is 1. The van der Waals surface area contributed by atoms with Crippen molar-refractivity contribution in [1.29, 1.82) is 0 Å². The van der Waals surface area contributed by atoms with Gasteiger partial charge in [0.25, 0.3) is 5.91 Å². The Kier molecular flexibility index (Phi) is 5.29. The predicted octanol–water partition coefficient (Wildman–Crippen LogP) is 5.75. The smallest absolute Gasteiger partial charge is 0.416 e. The SMILES string of the molecule is NC(=O)c1sc(-c2cc3nc[nH]c3cc2Br)cc1OCc1ccccc1C(F)(F)F. The minimum absolute atomic E-state index is 0.0349. The topological polar surface area (TPSA) is 81.0 Å². The number of hydrogen-bond acceptors (Lipinski definition) is 4. The van der Waals surface area contributed by atoms with E-state index in [-0.39, 0.29) is 22.8 Å². The van der Waals surface area contributed by atoms with Crippen molar-refractivity contribution >= 4 is 44.2 Å². The molecule has 4 rings (SSSR count). The summed E-state index contributed by atoms with van der Waals surface area (Å²) >= 11 is 4.59. The number of nitrogens with one attached hydrogen (secondary N) is 1. The number of aromatic nitrogens is 2. The lowest BCUT2D eigenvalue weighted by Gasteiger charge is -2.13. The van der Waals surface area contributed by atoms with E-state index in [1.807, 2.05) is 12.1 Å². The molecule has 10 heteroatoms. The highest BCUT2D eigenvalue weighted by Gasteiger charge is 2.33. The number of nitrogens with two attached hydrogens (primary N) is 1. The minimum atomic E-state index is -4.50. The van der Waals surface area contributed by atoms with E-state index in [1.165, 1.54) is 18.2 Å². The summed E-state index contributed by atoms with van der Waals surface area (Å²) in [6.45, 7) is -0.355. The second-order valence-corrected chi connectivity index (χ2v) is 8.27. The van der Waals surface area contributed by atoms with Crippen molar-refractivity contribution in [3.05, 3.63) is 69.3 Å². The fraction of sp³-hybridized carbons (Fsp3) is 0.100. The zero-order chi connectivity index (χ0) is 21.5. The number of halogens is 4. The predicted molar refractivity (Wildman–Crippen MR) is 111 cm³/mol. The second-order valence-electron chi connectivity index (χ2n) is 6.36. The van der Waals surface area contributed by atoms with Crippen LogP contribution in [0.2, 0.25) is 0 Å². The Labute approximate surface area is 180 Å². The van der Waals surface area contributed by atoms with Crippen LogP contribution in [-0.2, 0) is 12.8 Å². The first kappa shape index (κ1) is 20.4. The van der Waals surface area contributed by atoms with Crippen molar-refractivity contribution in [2.75, 3.05) is 0 Å². The Morgan fingerprint density at radius 1 is 1.23 bits per heavy atom. The Morgan fingerprint density at radius 3 is 2.73 bits per heavy atom. The number of nitrogens with zero attached hydrogens (tertiary/aromatic N) is 1. The third kappa shape index (κ3) is 3.92. The van der Waals surface area contributed by atoms with Gasteiger partial charge in [0.1, 0.15) is 17.2 Å². The number of carbonyl (C=O) groups excluding carboxylic acids is 1. The van der Waals surface area contributed by atoms with E-state index in [0.717, 1.165) is 38.5 Å². The summed E-state index contributed by atoms with van der Waals surface area (Å²) in [6.07, 6.45) is -2.94. The Morgan fingerprint density at radius 2 is 2.00 bits per heavy atom. The molecule has 0 fully saturated rings. The van der Waals surface area contributed by atoms with Gasteiger partial charge in [-0.2, -0.15) is 13.2 Å². The van der Waals surface area contributed by atoms with E-state index in [2.05, 4.69) is 25.9 Å². The Bertz CT molecular complexity index is 1250. The van der Waals surface area contributed by atoms with Crippen LogP contribution in [0.5, 0.6) is 5.75 Å². The number of primary amides is 1. The molecule has 4 aromatic rings. The van der Waals surface area contributed by atoms with Crippen LogP contribution in [0, 0.1) is 0 Å². The number of imidazole rings is 1. The largest absolute Gasteiger partial charge is 0.487 e. The number of ether oxygens (including phenoxy) is 1. The summed E-state index contributed by atoms with van der Waals surface area (Å²) in [5.74, 6) is -0.587. The van der Waals surface area contributed by atoms with Crippen LogP contribution in [0.25, 0.3) is 21.5 Å². The van der Waals surface area contributed by atoms with Gasteiger partial charge in [-0.3, -0.25) is 4.79 Å². The van der Waals surface area contributed by atoms with Gasteiger partial charge in [-0.25, -0.2) is 4.98 Å². The number of hydrogen-bond donors (Lipinski definition) is 2. The van der Waals surface area contributed by atoms with Gasteiger partial charge in [-0.1, -0.05) is 34.1 Å².